The molecule has 7 nitrogen and oxygen atoms in total. The maximum absolute atomic E-state index is 9.07. The van der Waals surface area contributed by atoms with Crippen molar-refractivity contribution in [2.24, 2.45) is 0 Å². The molecule has 0 atom stereocenters. The van der Waals surface area contributed by atoms with Crippen molar-refractivity contribution in [2.45, 2.75) is 6.42 Å². The van der Waals surface area contributed by atoms with Gasteiger partial charge in [0.1, 0.15) is 28.6 Å². The smallest absolute Gasteiger partial charge is 0.155 e. The average molecular weight is 395 g/mol. The summed E-state index contributed by atoms with van der Waals surface area (Å²) in [6, 6.07) is 11.3. The monoisotopic (exact) mass is 395 g/mol. The predicted octanol–water partition coefficient (Wildman–Crippen LogP) is 3.62. The number of anilines is 1. The highest BCUT2D eigenvalue weighted by atomic mass is 16.5. The van der Waals surface area contributed by atoms with E-state index in [0.29, 0.717) is 41.9 Å². The minimum Gasteiger partial charge on any atom is -0.497 e. The molecule has 7 heteroatoms. The summed E-state index contributed by atoms with van der Waals surface area (Å²) in [7, 11) is 4.85. The Hall–Kier alpha value is -3.32. The molecule has 3 rings (SSSR count). The van der Waals surface area contributed by atoms with Gasteiger partial charge < -0.3 is 24.6 Å². The van der Waals surface area contributed by atoms with Gasteiger partial charge in [-0.05, 0) is 42.3 Å². The molecule has 0 aliphatic carbocycles. The number of aliphatic hydroxyl groups excluding tert-OH is 1. The first kappa shape index (κ1) is 20.4. The van der Waals surface area contributed by atoms with E-state index in [0.717, 1.165) is 16.5 Å². The van der Waals surface area contributed by atoms with E-state index in [1.54, 1.807) is 21.3 Å². The van der Waals surface area contributed by atoms with Crippen LogP contribution in [0.1, 0.15) is 17.8 Å². The van der Waals surface area contributed by atoms with Crippen LogP contribution in [0.25, 0.3) is 23.1 Å². The van der Waals surface area contributed by atoms with E-state index in [9.17, 15) is 0 Å². The SMILES string of the molecule is COc1cc(/C=C/c2nc(NCCCO)c3cccc(OC)c3n2)cc(OC)c1. The standard InChI is InChI=1S/C22H25N3O4/c1-27-16-12-15(13-17(14-16)28-2)8-9-20-24-21-18(6-4-7-19(21)29-3)22(25-20)23-10-5-11-26/h4,6-9,12-14,26H,5,10-11H2,1-3H3,(H,23,24,25)/b9-8+. The summed E-state index contributed by atoms with van der Waals surface area (Å²) in [4.78, 5) is 9.30. The largest absolute Gasteiger partial charge is 0.497 e. The number of hydrogen-bond acceptors (Lipinski definition) is 7. The molecule has 0 radical (unpaired) electrons. The zero-order chi connectivity index (χ0) is 20.6. The summed E-state index contributed by atoms with van der Waals surface area (Å²) in [6.45, 7) is 0.722. The third-order valence-electron chi connectivity index (χ3n) is 4.35. The lowest BCUT2D eigenvalue weighted by atomic mass is 10.1. The molecule has 2 N–H and O–H groups in total. The Balaban J connectivity index is 2.01. The zero-order valence-corrected chi connectivity index (χ0v) is 16.8. The normalized spacial score (nSPS) is 11.0. The predicted molar refractivity (Wildman–Crippen MR) is 115 cm³/mol. The quantitative estimate of drug-likeness (QED) is 0.535. The fourth-order valence-corrected chi connectivity index (χ4v) is 2.90. The topological polar surface area (TPSA) is 85.7 Å². The first-order valence-electron chi connectivity index (χ1n) is 9.29. The lowest BCUT2D eigenvalue weighted by molar-refractivity contribution is 0.292. The van der Waals surface area contributed by atoms with Crippen LogP contribution in [-0.4, -0.2) is 49.6 Å². The third kappa shape index (κ3) is 4.94. The molecule has 29 heavy (non-hydrogen) atoms. The Morgan fingerprint density at radius 2 is 1.72 bits per heavy atom. The van der Waals surface area contributed by atoms with Gasteiger partial charge in [0.15, 0.2) is 5.82 Å². The van der Waals surface area contributed by atoms with Crippen LogP contribution in [0.4, 0.5) is 5.82 Å². The van der Waals surface area contributed by atoms with Gasteiger partial charge in [-0.15, -0.1) is 0 Å². The Labute approximate surface area is 170 Å². The van der Waals surface area contributed by atoms with Gasteiger partial charge in [-0.1, -0.05) is 12.1 Å². The number of methoxy groups -OCH3 is 3. The van der Waals surface area contributed by atoms with Gasteiger partial charge in [0.05, 0.1) is 21.3 Å². The molecule has 1 heterocycles. The van der Waals surface area contributed by atoms with E-state index in [1.807, 2.05) is 48.6 Å². The van der Waals surface area contributed by atoms with E-state index < -0.39 is 0 Å². The molecular formula is C22H25N3O4. The molecule has 2 aromatic carbocycles. The number of benzene rings is 2. The highest BCUT2D eigenvalue weighted by molar-refractivity contribution is 5.94. The van der Waals surface area contributed by atoms with Gasteiger partial charge in [-0.2, -0.15) is 0 Å². The van der Waals surface area contributed by atoms with Crippen molar-refractivity contribution in [3.63, 3.8) is 0 Å². The number of nitrogens with zero attached hydrogens (tertiary/aromatic N) is 2. The summed E-state index contributed by atoms with van der Waals surface area (Å²) in [5.74, 6) is 3.32. The summed E-state index contributed by atoms with van der Waals surface area (Å²) >= 11 is 0. The minimum absolute atomic E-state index is 0.115. The Bertz CT molecular complexity index is 983. The number of fused-ring (bicyclic) bond motifs is 1. The van der Waals surface area contributed by atoms with Crippen molar-refractivity contribution in [1.29, 1.82) is 0 Å². The first-order valence-corrected chi connectivity index (χ1v) is 9.29. The number of aromatic nitrogens is 2. The third-order valence-corrected chi connectivity index (χ3v) is 4.35. The van der Waals surface area contributed by atoms with Crippen molar-refractivity contribution in [3.8, 4) is 17.2 Å². The lowest BCUT2D eigenvalue weighted by Gasteiger charge is -2.11. The molecule has 0 fully saturated rings. The fraction of sp³-hybridized carbons (Fsp3) is 0.273. The highest BCUT2D eigenvalue weighted by Gasteiger charge is 2.10. The molecule has 0 unspecified atom stereocenters. The van der Waals surface area contributed by atoms with Gasteiger partial charge in [0.25, 0.3) is 0 Å². The van der Waals surface area contributed by atoms with Crippen molar-refractivity contribution in [2.75, 3.05) is 39.8 Å². The van der Waals surface area contributed by atoms with Crippen LogP contribution in [0.2, 0.25) is 0 Å². The first-order chi connectivity index (χ1) is 14.2. The van der Waals surface area contributed by atoms with Gasteiger partial charge in [0.2, 0.25) is 0 Å². The van der Waals surface area contributed by atoms with Crippen LogP contribution in [0.15, 0.2) is 36.4 Å². The average Bonchev–Trinajstić information content (AvgIpc) is 2.77. The van der Waals surface area contributed by atoms with E-state index >= 15 is 0 Å². The summed E-state index contributed by atoms with van der Waals surface area (Å²) in [6.07, 6.45) is 4.36. The lowest BCUT2D eigenvalue weighted by Crippen LogP contribution is -2.07. The maximum Gasteiger partial charge on any atom is 0.155 e. The highest BCUT2D eigenvalue weighted by Crippen LogP contribution is 2.29. The number of nitrogens with one attached hydrogen (secondary N) is 1. The molecule has 1 aromatic heterocycles. The van der Waals surface area contributed by atoms with Crippen LogP contribution in [0.5, 0.6) is 17.2 Å². The van der Waals surface area contributed by atoms with Crippen molar-refractivity contribution in [1.82, 2.24) is 9.97 Å². The molecule has 0 aliphatic heterocycles. The zero-order valence-electron chi connectivity index (χ0n) is 16.8. The van der Waals surface area contributed by atoms with E-state index in [-0.39, 0.29) is 6.61 Å². The second-order valence-corrected chi connectivity index (χ2v) is 6.27. The number of aliphatic hydroxyl groups is 1. The number of ether oxygens (including phenoxy) is 3. The van der Waals surface area contributed by atoms with Crippen molar-refractivity contribution in [3.05, 3.63) is 47.8 Å². The van der Waals surface area contributed by atoms with Crippen LogP contribution in [0.3, 0.4) is 0 Å². The molecule has 152 valence electrons. The Morgan fingerprint density at radius 3 is 2.38 bits per heavy atom. The second-order valence-electron chi connectivity index (χ2n) is 6.27. The van der Waals surface area contributed by atoms with Gasteiger partial charge in [-0.3, -0.25) is 0 Å². The van der Waals surface area contributed by atoms with E-state index in [4.69, 9.17) is 19.3 Å². The molecule has 0 saturated heterocycles. The number of rotatable bonds is 9. The van der Waals surface area contributed by atoms with Gasteiger partial charge in [-0.25, -0.2) is 9.97 Å². The van der Waals surface area contributed by atoms with E-state index in [1.165, 1.54) is 0 Å². The minimum atomic E-state index is 0.115. The molecule has 0 amide bonds. The van der Waals surface area contributed by atoms with Crippen molar-refractivity contribution < 1.29 is 19.3 Å². The Morgan fingerprint density at radius 1 is 0.966 bits per heavy atom. The summed E-state index contributed by atoms with van der Waals surface area (Å²) in [5, 5.41) is 13.2. The van der Waals surface area contributed by atoms with Crippen LogP contribution in [0, 0.1) is 0 Å². The molecule has 3 aromatic rings. The van der Waals surface area contributed by atoms with Gasteiger partial charge >= 0.3 is 0 Å². The summed E-state index contributed by atoms with van der Waals surface area (Å²) < 4.78 is 16.1. The van der Waals surface area contributed by atoms with E-state index in [2.05, 4.69) is 15.3 Å². The molecule has 0 aliphatic rings. The fourth-order valence-electron chi connectivity index (χ4n) is 2.90. The molecule has 0 spiro atoms. The van der Waals surface area contributed by atoms with Crippen molar-refractivity contribution >= 4 is 28.9 Å². The number of para-hydroxylation sites is 1. The summed E-state index contributed by atoms with van der Waals surface area (Å²) in [5.41, 5.74) is 1.62. The molecule has 0 bridgehead atoms. The molecular weight excluding hydrogens is 370 g/mol. The second kappa shape index (κ2) is 9.75. The maximum atomic E-state index is 9.07. The number of hydrogen-bond donors (Lipinski definition) is 2. The van der Waals surface area contributed by atoms with Crippen LogP contribution >= 0.6 is 0 Å². The van der Waals surface area contributed by atoms with Crippen LogP contribution < -0.4 is 19.5 Å². The van der Waals surface area contributed by atoms with Crippen LogP contribution in [-0.2, 0) is 0 Å². The molecule has 0 saturated carbocycles. The Kier molecular flexibility index (Phi) is 6.86. The van der Waals surface area contributed by atoms with Gasteiger partial charge in [0, 0.05) is 24.6 Å².